The van der Waals surface area contributed by atoms with Crippen LogP contribution in [0, 0.1) is 0 Å². The van der Waals surface area contributed by atoms with Crippen LogP contribution in [0.5, 0.6) is 0 Å². The van der Waals surface area contributed by atoms with Gasteiger partial charge in [-0.1, -0.05) is 16.6 Å². The number of nitrogens with zero attached hydrogens (tertiary/aromatic N) is 4. The number of halogens is 1. The van der Waals surface area contributed by atoms with Gasteiger partial charge in [-0.3, -0.25) is 14.8 Å². The SMILES string of the molecule is NCCn1cc(C(=O)Nc2ncc(Br)s2)nn1. The predicted octanol–water partition coefficient (Wildman–Crippen LogP) is 0.708. The van der Waals surface area contributed by atoms with Gasteiger partial charge in [0.1, 0.15) is 0 Å². The van der Waals surface area contributed by atoms with Crippen LogP contribution in [0.15, 0.2) is 16.2 Å². The fraction of sp³-hybridized carbons (Fsp3) is 0.250. The summed E-state index contributed by atoms with van der Waals surface area (Å²) in [5, 5.41) is 10.7. The summed E-state index contributed by atoms with van der Waals surface area (Å²) in [6, 6.07) is 0. The Morgan fingerprint density at radius 1 is 1.65 bits per heavy atom. The molecule has 0 bridgehead atoms. The molecule has 0 aliphatic carbocycles. The van der Waals surface area contributed by atoms with Gasteiger partial charge in [-0.2, -0.15) is 0 Å². The van der Waals surface area contributed by atoms with Crippen molar-refractivity contribution in [3.05, 3.63) is 21.9 Å². The highest BCUT2D eigenvalue weighted by Crippen LogP contribution is 2.23. The van der Waals surface area contributed by atoms with Crippen molar-refractivity contribution in [1.29, 1.82) is 0 Å². The van der Waals surface area contributed by atoms with E-state index < -0.39 is 0 Å². The number of anilines is 1. The number of hydrogen-bond acceptors (Lipinski definition) is 6. The van der Waals surface area contributed by atoms with Crippen molar-refractivity contribution >= 4 is 38.3 Å². The lowest BCUT2D eigenvalue weighted by Gasteiger charge is -1.96. The molecule has 0 saturated carbocycles. The Bertz CT molecular complexity index is 524. The predicted molar refractivity (Wildman–Crippen MR) is 66.8 cm³/mol. The first kappa shape index (κ1) is 12.1. The average molecular weight is 317 g/mol. The fourth-order valence-corrected chi connectivity index (χ4v) is 2.22. The number of amides is 1. The van der Waals surface area contributed by atoms with Crippen molar-refractivity contribution in [3.63, 3.8) is 0 Å². The highest BCUT2D eigenvalue weighted by atomic mass is 79.9. The summed E-state index contributed by atoms with van der Waals surface area (Å²) < 4.78 is 2.37. The van der Waals surface area contributed by atoms with Crippen molar-refractivity contribution in [2.75, 3.05) is 11.9 Å². The molecule has 0 aliphatic rings. The summed E-state index contributed by atoms with van der Waals surface area (Å²) in [5.41, 5.74) is 5.61. The average Bonchev–Trinajstić information content (AvgIpc) is 2.88. The minimum atomic E-state index is -0.338. The van der Waals surface area contributed by atoms with Gasteiger partial charge in [-0.25, -0.2) is 4.98 Å². The van der Waals surface area contributed by atoms with E-state index in [1.807, 2.05) is 0 Å². The van der Waals surface area contributed by atoms with Crippen LogP contribution in [0.4, 0.5) is 5.13 Å². The number of carbonyl (C=O) groups excluding carboxylic acids is 1. The summed E-state index contributed by atoms with van der Waals surface area (Å²) in [5.74, 6) is -0.338. The van der Waals surface area contributed by atoms with Crippen LogP contribution in [0.1, 0.15) is 10.5 Å². The summed E-state index contributed by atoms with van der Waals surface area (Å²) in [6.45, 7) is 0.979. The minimum Gasteiger partial charge on any atom is -0.329 e. The van der Waals surface area contributed by atoms with E-state index in [9.17, 15) is 4.79 Å². The van der Waals surface area contributed by atoms with Crippen LogP contribution in [-0.2, 0) is 6.54 Å². The number of carbonyl (C=O) groups is 1. The van der Waals surface area contributed by atoms with Gasteiger partial charge in [-0.05, 0) is 15.9 Å². The Hall–Kier alpha value is -1.32. The lowest BCUT2D eigenvalue weighted by atomic mass is 10.4. The molecule has 2 rings (SSSR count). The smallest absolute Gasteiger partial charge is 0.279 e. The molecule has 0 unspecified atom stereocenters. The third kappa shape index (κ3) is 3.08. The van der Waals surface area contributed by atoms with Gasteiger partial charge in [0.2, 0.25) is 0 Å². The number of hydrogen-bond donors (Lipinski definition) is 2. The number of nitrogens with one attached hydrogen (secondary N) is 1. The molecule has 0 radical (unpaired) electrons. The first-order valence-electron chi connectivity index (χ1n) is 4.72. The van der Waals surface area contributed by atoms with Crippen molar-refractivity contribution in [3.8, 4) is 0 Å². The lowest BCUT2D eigenvalue weighted by molar-refractivity contribution is 0.102. The van der Waals surface area contributed by atoms with E-state index in [-0.39, 0.29) is 11.6 Å². The van der Waals surface area contributed by atoms with E-state index in [0.29, 0.717) is 18.2 Å². The first-order valence-corrected chi connectivity index (χ1v) is 6.33. The van der Waals surface area contributed by atoms with E-state index in [4.69, 9.17) is 5.73 Å². The number of nitrogens with two attached hydrogens (primary N) is 1. The van der Waals surface area contributed by atoms with Crippen LogP contribution in [-0.4, -0.2) is 32.4 Å². The molecule has 2 heterocycles. The van der Waals surface area contributed by atoms with E-state index in [1.54, 1.807) is 12.4 Å². The largest absolute Gasteiger partial charge is 0.329 e. The molecule has 2 aromatic heterocycles. The first-order chi connectivity index (χ1) is 8.19. The van der Waals surface area contributed by atoms with Gasteiger partial charge in [0.25, 0.3) is 5.91 Å². The minimum absolute atomic E-state index is 0.241. The van der Waals surface area contributed by atoms with Crippen molar-refractivity contribution in [1.82, 2.24) is 20.0 Å². The summed E-state index contributed by atoms with van der Waals surface area (Å²) in [6.07, 6.45) is 3.16. The third-order valence-electron chi connectivity index (χ3n) is 1.83. The molecule has 9 heteroatoms. The van der Waals surface area contributed by atoms with Gasteiger partial charge < -0.3 is 5.73 Å². The fourth-order valence-electron chi connectivity index (χ4n) is 1.12. The molecule has 2 aromatic rings. The second kappa shape index (κ2) is 5.34. The molecular formula is C8H9BrN6OS. The van der Waals surface area contributed by atoms with Crippen molar-refractivity contribution in [2.45, 2.75) is 6.54 Å². The molecule has 0 atom stereocenters. The zero-order valence-electron chi connectivity index (χ0n) is 8.63. The lowest BCUT2D eigenvalue weighted by Crippen LogP contribution is -2.12. The maximum absolute atomic E-state index is 11.7. The zero-order chi connectivity index (χ0) is 12.3. The quantitative estimate of drug-likeness (QED) is 0.865. The molecule has 0 aromatic carbocycles. The Balaban J connectivity index is 2.03. The number of rotatable bonds is 4. The number of aromatic nitrogens is 4. The van der Waals surface area contributed by atoms with Crippen LogP contribution in [0.2, 0.25) is 0 Å². The Morgan fingerprint density at radius 2 is 2.47 bits per heavy atom. The molecule has 7 nitrogen and oxygen atoms in total. The molecule has 17 heavy (non-hydrogen) atoms. The molecule has 3 N–H and O–H groups in total. The summed E-state index contributed by atoms with van der Waals surface area (Å²) in [7, 11) is 0. The van der Waals surface area contributed by atoms with E-state index in [1.165, 1.54) is 16.0 Å². The molecule has 0 fully saturated rings. The monoisotopic (exact) mass is 316 g/mol. The number of thiazole rings is 1. The highest BCUT2D eigenvalue weighted by Gasteiger charge is 2.12. The maximum Gasteiger partial charge on any atom is 0.279 e. The van der Waals surface area contributed by atoms with Gasteiger partial charge in [0, 0.05) is 6.54 Å². The van der Waals surface area contributed by atoms with E-state index in [2.05, 4.69) is 36.5 Å². The molecular weight excluding hydrogens is 308 g/mol. The van der Waals surface area contributed by atoms with E-state index >= 15 is 0 Å². The second-order valence-electron chi connectivity index (χ2n) is 3.08. The zero-order valence-corrected chi connectivity index (χ0v) is 11.0. The van der Waals surface area contributed by atoms with Gasteiger partial charge >= 0.3 is 0 Å². The van der Waals surface area contributed by atoms with Crippen LogP contribution >= 0.6 is 27.3 Å². The summed E-state index contributed by atoms with van der Waals surface area (Å²) >= 11 is 4.59. The molecule has 1 amide bonds. The molecule has 0 spiro atoms. The maximum atomic E-state index is 11.7. The van der Waals surface area contributed by atoms with Crippen molar-refractivity contribution < 1.29 is 4.79 Å². The van der Waals surface area contributed by atoms with Crippen LogP contribution in [0.3, 0.4) is 0 Å². The molecule has 0 aliphatic heterocycles. The van der Waals surface area contributed by atoms with Crippen molar-refractivity contribution in [2.24, 2.45) is 5.73 Å². The van der Waals surface area contributed by atoms with Crippen LogP contribution in [0.25, 0.3) is 0 Å². The van der Waals surface area contributed by atoms with Gasteiger partial charge in [-0.15, -0.1) is 5.10 Å². The Labute approximate surface area is 109 Å². The third-order valence-corrected chi connectivity index (χ3v) is 3.22. The normalized spacial score (nSPS) is 10.5. The van der Waals surface area contributed by atoms with E-state index in [0.717, 1.165) is 3.79 Å². The summed E-state index contributed by atoms with van der Waals surface area (Å²) in [4.78, 5) is 15.7. The molecule has 90 valence electrons. The highest BCUT2D eigenvalue weighted by molar-refractivity contribution is 9.11. The standard InChI is InChI=1S/C8H9BrN6OS/c9-6-3-11-8(17-6)12-7(16)5-4-15(2-1-10)14-13-5/h3-4H,1-2,10H2,(H,11,12,16). The van der Waals surface area contributed by atoms with Gasteiger partial charge in [0.05, 0.1) is 22.7 Å². The Kier molecular flexibility index (Phi) is 3.82. The molecule has 0 saturated heterocycles. The second-order valence-corrected chi connectivity index (χ2v) is 5.49. The Morgan fingerprint density at radius 3 is 3.12 bits per heavy atom. The topological polar surface area (TPSA) is 98.7 Å². The van der Waals surface area contributed by atoms with Crippen LogP contribution < -0.4 is 11.1 Å². The van der Waals surface area contributed by atoms with Gasteiger partial charge in [0.15, 0.2) is 10.8 Å².